The molecule has 146 valence electrons. The summed E-state index contributed by atoms with van der Waals surface area (Å²) in [4.78, 5) is 20.7. The van der Waals surface area contributed by atoms with Crippen molar-refractivity contribution in [1.29, 1.82) is 0 Å². The van der Waals surface area contributed by atoms with Gasteiger partial charge in [0.15, 0.2) is 0 Å². The number of hydrogen-bond acceptors (Lipinski definition) is 5. The third-order valence-electron chi connectivity index (χ3n) is 4.32. The second kappa shape index (κ2) is 8.05. The van der Waals surface area contributed by atoms with Gasteiger partial charge in [0.1, 0.15) is 18.1 Å². The van der Waals surface area contributed by atoms with Gasteiger partial charge in [0.05, 0.1) is 6.33 Å². The molecule has 0 saturated heterocycles. The summed E-state index contributed by atoms with van der Waals surface area (Å²) in [5, 5.41) is 6.78. The second-order valence-corrected chi connectivity index (χ2v) is 6.62. The lowest BCUT2D eigenvalue weighted by Crippen LogP contribution is -2.26. The van der Waals surface area contributed by atoms with Crippen molar-refractivity contribution in [2.75, 3.05) is 0 Å². The molecule has 0 atom stereocenters. The molecule has 0 aliphatic carbocycles. The Labute approximate surface area is 166 Å². The highest BCUT2D eigenvalue weighted by atomic mass is 19.1. The molecule has 29 heavy (non-hydrogen) atoms. The van der Waals surface area contributed by atoms with Gasteiger partial charge in [0.2, 0.25) is 11.7 Å². The Bertz CT molecular complexity index is 1120. The molecular formula is C21H18FN5O2. The second-order valence-electron chi connectivity index (χ2n) is 6.62. The summed E-state index contributed by atoms with van der Waals surface area (Å²) in [5.74, 6) is 0.0936. The van der Waals surface area contributed by atoms with Crippen LogP contribution < -0.4 is 5.32 Å². The summed E-state index contributed by atoms with van der Waals surface area (Å²) >= 11 is 0. The number of benzene rings is 2. The van der Waals surface area contributed by atoms with Crippen LogP contribution in [0.1, 0.15) is 11.1 Å². The highest BCUT2D eigenvalue weighted by Gasteiger charge is 2.14. The van der Waals surface area contributed by atoms with E-state index in [0.29, 0.717) is 23.6 Å². The van der Waals surface area contributed by atoms with Crippen molar-refractivity contribution >= 4 is 5.91 Å². The average Bonchev–Trinajstić information content (AvgIpc) is 3.38. The number of imidazole rings is 1. The van der Waals surface area contributed by atoms with Gasteiger partial charge in [-0.3, -0.25) is 4.79 Å². The van der Waals surface area contributed by atoms with Gasteiger partial charge >= 0.3 is 0 Å². The number of rotatable bonds is 6. The molecule has 0 radical (unpaired) electrons. The molecule has 0 fully saturated rings. The molecule has 7 nitrogen and oxygen atoms in total. The molecule has 2 heterocycles. The maximum absolute atomic E-state index is 13.0. The van der Waals surface area contributed by atoms with Gasteiger partial charge in [0, 0.05) is 18.3 Å². The van der Waals surface area contributed by atoms with Crippen LogP contribution in [-0.2, 0) is 17.9 Å². The van der Waals surface area contributed by atoms with Crippen LogP contribution in [0.3, 0.4) is 0 Å². The Kier molecular flexibility index (Phi) is 5.15. The third-order valence-corrected chi connectivity index (χ3v) is 4.32. The molecule has 0 bridgehead atoms. The molecule has 1 N–H and O–H groups in total. The zero-order chi connectivity index (χ0) is 20.2. The van der Waals surface area contributed by atoms with Crippen LogP contribution >= 0.6 is 0 Å². The summed E-state index contributed by atoms with van der Waals surface area (Å²) in [6, 6.07) is 13.8. The van der Waals surface area contributed by atoms with E-state index in [1.807, 2.05) is 31.2 Å². The Morgan fingerprint density at radius 2 is 1.90 bits per heavy atom. The van der Waals surface area contributed by atoms with E-state index < -0.39 is 0 Å². The minimum absolute atomic E-state index is 0.127. The summed E-state index contributed by atoms with van der Waals surface area (Å²) in [7, 11) is 0. The van der Waals surface area contributed by atoms with Crippen LogP contribution in [0.2, 0.25) is 0 Å². The lowest BCUT2D eigenvalue weighted by Gasteiger charge is -2.06. The number of aromatic nitrogens is 4. The molecule has 0 aliphatic heterocycles. The molecule has 0 aliphatic rings. The number of nitrogens with zero attached hydrogens (tertiary/aromatic N) is 4. The van der Waals surface area contributed by atoms with Gasteiger partial charge in [-0.2, -0.15) is 4.98 Å². The molecular weight excluding hydrogens is 373 g/mol. The fourth-order valence-electron chi connectivity index (χ4n) is 2.73. The van der Waals surface area contributed by atoms with Crippen molar-refractivity contribution in [1.82, 2.24) is 25.0 Å². The van der Waals surface area contributed by atoms with E-state index in [0.717, 1.165) is 5.56 Å². The van der Waals surface area contributed by atoms with Gasteiger partial charge in [-0.05, 0) is 36.8 Å². The first-order chi connectivity index (χ1) is 14.1. The quantitative estimate of drug-likeness (QED) is 0.545. The van der Waals surface area contributed by atoms with E-state index in [2.05, 4.69) is 20.4 Å². The fourth-order valence-corrected chi connectivity index (χ4v) is 2.73. The van der Waals surface area contributed by atoms with Gasteiger partial charge in [-0.1, -0.05) is 35.0 Å². The number of halogens is 1. The molecule has 8 heteroatoms. The monoisotopic (exact) mass is 391 g/mol. The number of hydrogen-bond donors (Lipinski definition) is 1. The Morgan fingerprint density at radius 3 is 2.66 bits per heavy atom. The Morgan fingerprint density at radius 1 is 1.14 bits per heavy atom. The number of nitrogens with one attached hydrogen (secondary N) is 1. The topological polar surface area (TPSA) is 85.8 Å². The van der Waals surface area contributed by atoms with Crippen LogP contribution in [0.25, 0.3) is 23.0 Å². The number of amides is 1. The van der Waals surface area contributed by atoms with E-state index in [1.165, 1.54) is 24.0 Å². The number of carbonyl (C=O) groups excluding carboxylic acids is 1. The summed E-state index contributed by atoms with van der Waals surface area (Å²) in [5.41, 5.74) is 3.30. The molecule has 2 aromatic carbocycles. The largest absolute Gasteiger partial charge is 0.350 e. The maximum Gasteiger partial charge on any atom is 0.258 e. The van der Waals surface area contributed by atoms with E-state index in [4.69, 9.17) is 4.52 Å². The predicted molar refractivity (Wildman–Crippen MR) is 104 cm³/mol. The first-order valence-corrected chi connectivity index (χ1v) is 9.01. The molecule has 4 rings (SSSR count). The van der Waals surface area contributed by atoms with Gasteiger partial charge < -0.3 is 14.4 Å². The normalized spacial score (nSPS) is 10.8. The van der Waals surface area contributed by atoms with Crippen molar-refractivity contribution in [3.8, 4) is 23.0 Å². The van der Waals surface area contributed by atoms with E-state index in [-0.39, 0.29) is 24.2 Å². The molecule has 0 unspecified atom stereocenters. The minimum atomic E-state index is -0.340. The zero-order valence-corrected chi connectivity index (χ0v) is 15.7. The van der Waals surface area contributed by atoms with Crippen LogP contribution in [-0.4, -0.2) is 25.6 Å². The van der Waals surface area contributed by atoms with Crippen molar-refractivity contribution in [3.63, 3.8) is 0 Å². The smallest absolute Gasteiger partial charge is 0.258 e. The van der Waals surface area contributed by atoms with Crippen LogP contribution in [0.4, 0.5) is 4.39 Å². The summed E-state index contributed by atoms with van der Waals surface area (Å²) < 4.78 is 19.9. The van der Waals surface area contributed by atoms with E-state index in [9.17, 15) is 9.18 Å². The van der Waals surface area contributed by atoms with Crippen molar-refractivity contribution < 1.29 is 13.7 Å². The van der Waals surface area contributed by atoms with Crippen molar-refractivity contribution in [2.45, 2.75) is 20.0 Å². The Balaban J connectivity index is 1.37. The SMILES string of the molecule is Cc1ccc(CNC(=O)Cn2cnc(-c3noc(-c4ccc(F)cc4)n3)c2)cc1. The van der Waals surface area contributed by atoms with Crippen molar-refractivity contribution in [3.05, 3.63) is 78.0 Å². The van der Waals surface area contributed by atoms with Crippen LogP contribution in [0.15, 0.2) is 65.6 Å². The third kappa shape index (κ3) is 4.55. The maximum atomic E-state index is 13.0. The lowest BCUT2D eigenvalue weighted by molar-refractivity contribution is -0.121. The average molecular weight is 391 g/mol. The highest BCUT2D eigenvalue weighted by Crippen LogP contribution is 2.21. The van der Waals surface area contributed by atoms with Crippen LogP contribution in [0, 0.1) is 12.7 Å². The van der Waals surface area contributed by atoms with Gasteiger partial charge in [-0.25, -0.2) is 9.37 Å². The molecule has 1 amide bonds. The minimum Gasteiger partial charge on any atom is -0.350 e. The van der Waals surface area contributed by atoms with Gasteiger partial charge in [-0.15, -0.1) is 0 Å². The number of aryl methyl sites for hydroxylation is 1. The highest BCUT2D eigenvalue weighted by molar-refractivity contribution is 5.75. The summed E-state index contributed by atoms with van der Waals surface area (Å²) in [6.45, 7) is 2.61. The fraction of sp³-hybridized carbons (Fsp3) is 0.143. The predicted octanol–water partition coefficient (Wildman–Crippen LogP) is 3.36. The number of carbonyl (C=O) groups is 1. The van der Waals surface area contributed by atoms with Gasteiger partial charge in [0.25, 0.3) is 5.89 Å². The first-order valence-electron chi connectivity index (χ1n) is 9.01. The molecule has 0 spiro atoms. The Hall–Kier alpha value is -3.81. The van der Waals surface area contributed by atoms with Crippen molar-refractivity contribution in [2.24, 2.45) is 0 Å². The van der Waals surface area contributed by atoms with E-state index in [1.54, 1.807) is 22.9 Å². The zero-order valence-electron chi connectivity index (χ0n) is 15.7. The van der Waals surface area contributed by atoms with E-state index >= 15 is 0 Å². The molecule has 0 saturated carbocycles. The standard InChI is InChI=1S/C21H18FN5O2/c1-14-2-4-15(5-3-14)10-23-19(28)12-27-11-18(24-13-27)20-25-21(29-26-20)16-6-8-17(22)9-7-16/h2-9,11,13H,10,12H2,1H3,(H,23,28). The first kappa shape index (κ1) is 18.5. The molecule has 2 aromatic heterocycles. The lowest BCUT2D eigenvalue weighted by atomic mass is 10.1. The van der Waals surface area contributed by atoms with Crippen LogP contribution in [0.5, 0.6) is 0 Å². The summed E-state index contributed by atoms with van der Waals surface area (Å²) in [6.07, 6.45) is 3.21. The molecule has 4 aromatic rings.